The second-order valence-electron chi connectivity index (χ2n) is 13.6. The van der Waals surface area contributed by atoms with E-state index in [1.807, 2.05) is 38.4 Å². The van der Waals surface area contributed by atoms with E-state index in [2.05, 4.69) is 44.5 Å². The first-order chi connectivity index (χ1) is 22.6. The molecule has 4 aromatic rings. The van der Waals surface area contributed by atoms with Crippen molar-refractivity contribution in [3.63, 3.8) is 0 Å². The number of carbonyl (C=O) groups excluding carboxylic acids is 1. The van der Waals surface area contributed by atoms with Crippen LogP contribution >= 0.6 is 0 Å². The molecule has 1 N–H and O–H groups in total. The van der Waals surface area contributed by atoms with Crippen molar-refractivity contribution in [3.8, 4) is 22.8 Å². The third-order valence-corrected chi connectivity index (χ3v) is 11.5. The summed E-state index contributed by atoms with van der Waals surface area (Å²) in [5, 5.41) is 0.424. The quantitative estimate of drug-likeness (QED) is 0.196. The minimum atomic E-state index is -3.77. The number of carbonyl (C=O) groups is 1. The maximum absolute atomic E-state index is 13.3. The number of rotatable bonds is 10. The van der Waals surface area contributed by atoms with E-state index in [1.165, 1.54) is 47.2 Å². The van der Waals surface area contributed by atoms with E-state index >= 15 is 0 Å². The van der Waals surface area contributed by atoms with Gasteiger partial charge in [0.15, 0.2) is 0 Å². The fourth-order valence-corrected chi connectivity index (χ4v) is 7.79. The Kier molecular flexibility index (Phi) is 9.67. The Morgan fingerprint density at radius 2 is 1.77 bits per heavy atom. The van der Waals surface area contributed by atoms with Crippen LogP contribution in [0.4, 0.5) is 0 Å². The van der Waals surface area contributed by atoms with Crippen molar-refractivity contribution in [1.29, 1.82) is 0 Å². The lowest BCUT2D eigenvalue weighted by Gasteiger charge is -2.24. The van der Waals surface area contributed by atoms with Gasteiger partial charge in [-0.1, -0.05) is 37.5 Å². The number of benzene rings is 3. The van der Waals surface area contributed by atoms with Crippen LogP contribution in [-0.4, -0.2) is 63.4 Å². The van der Waals surface area contributed by atoms with Crippen molar-refractivity contribution in [3.05, 3.63) is 82.9 Å². The zero-order chi connectivity index (χ0) is 33.3. The van der Waals surface area contributed by atoms with Gasteiger partial charge in [0.05, 0.1) is 18.1 Å². The third kappa shape index (κ3) is 6.92. The summed E-state index contributed by atoms with van der Waals surface area (Å²) in [4.78, 5) is 15.4. The van der Waals surface area contributed by atoms with Crippen LogP contribution in [0, 0.1) is 0 Å². The fraction of sp³-hybridized carbons (Fsp3) is 0.447. The first-order valence-electron chi connectivity index (χ1n) is 16.8. The van der Waals surface area contributed by atoms with Crippen LogP contribution in [0.5, 0.6) is 11.5 Å². The van der Waals surface area contributed by atoms with Crippen LogP contribution < -0.4 is 14.2 Å². The molecule has 250 valence electrons. The maximum Gasteiger partial charge on any atom is 0.264 e. The highest BCUT2D eigenvalue weighted by Crippen LogP contribution is 2.48. The Bertz CT molecular complexity index is 1870. The van der Waals surface area contributed by atoms with Gasteiger partial charge in [-0.3, -0.25) is 4.79 Å². The second-order valence-corrected chi connectivity index (χ2v) is 15.9. The molecule has 8 nitrogen and oxygen atoms in total. The molecule has 0 radical (unpaired) electrons. The molecular weight excluding hydrogens is 611 g/mol. The van der Waals surface area contributed by atoms with Crippen molar-refractivity contribution < 1.29 is 22.7 Å². The number of amides is 1. The number of methoxy groups -OCH3 is 1. The molecule has 1 aliphatic carbocycles. The number of aromatic nitrogens is 1. The molecule has 2 aliphatic rings. The van der Waals surface area contributed by atoms with Crippen molar-refractivity contribution in [2.75, 3.05) is 34.4 Å². The summed E-state index contributed by atoms with van der Waals surface area (Å²) < 4.78 is 41.8. The Morgan fingerprint density at radius 3 is 2.49 bits per heavy atom. The lowest BCUT2D eigenvalue weighted by Crippen LogP contribution is -2.35. The Morgan fingerprint density at radius 1 is 0.979 bits per heavy atom. The van der Waals surface area contributed by atoms with Gasteiger partial charge in [-0.15, -0.1) is 0 Å². The van der Waals surface area contributed by atoms with E-state index in [0.717, 1.165) is 48.2 Å². The number of fused-ring (bicyclic) bond motifs is 5. The number of hydrogen-bond acceptors (Lipinski definition) is 6. The number of ether oxygens (including phenoxy) is 2. The van der Waals surface area contributed by atoms with Crippen molar-refractivity contribution in [2.24, 2.45) is 0 Å². The zero-order valence-corrected chi connectivity index (χ0v) is 29.0. The van der Waals surface area contributed by atoms with Gasteiger partial charge in [0.25, 0.3) is 5.91 Å². The largest absolute Gasteiger partial charge is 0.497 e. The number of nitrogens with one attached hydrogen (secondary N) is 1. The van der Waals surface area contributed by atoms with E-state index in [1.54, 1.807) is 27.0 Å². The van der Waals surface area contributed by atoms with Crippen LogP contribution in [0.15, 0.2) is 60.7 Å². The molecule has 1 amide bonds. The van der Waals surface area contributed by atoms with Gasteiger partial charge in [0.2, 0.25) is 10.0 Å². The molecule has 1 aliphatic heterocycles. The topological polar surface area (TPSA) is 89.9 Å². The van der Waals surface area contributed by atoms with Crippen molar-refractivity contribution in [2.45, 2.75) is 76.0 Å². The molecular formula is C38H47N3O5S. The average Bonchev–Trinajstić information content (AvgIpc) is 3.27. The molecule has 0 spiro atoms. The fourth-order valence-electron chi connectivity index (χ4n) is 7.18. The monoisotopic (exact) mass is 657 g/mol. The Balaban J connectivity index is 1.52. The minimum Gasteiger partial charge on any atom is -0.497 e. The summed E-state index contributed by atoms with van der Waals surface area (Å²) in [5.41, 5.74) is 7.45. The summed E-state index contributed by atoms with van der Waals surface area (Å²) in [6.45, 7) is 5.27. The number of likely N-dealkylation sites (N-methyl/N-ethyl adjacent to an activating group) is 1. The van der Waals surface area contributed by atoms with Crippen LogP contribution in [0.3, 0.4) is 0 Å². The van der Waals surface area contributed by atoms with Crippen LogP contribution in [0.2, 0.25) is 0 Å². The summed E-state index contributed by atoms with van der Waals surface area (Å²) in [7, 11) is 2.01. The molecule has 0 saturated heterocycles. The summed E-state index contributed by atoms with van der Waals surface area (Å²) in [6, 6.07) is 20.5. The molecule has 47 heavy (non-hydrogen) atoms. The summed E-state index contributed by atoms with van der Waals surface area (Å²) in [5.74, 6) is 1.60. The minimum absolute atomic E-state index is 0.119. The van der Waals surface area contributed by atoms with E-state index in [9.17, 15) is 13.2 Å². The molecule has 1 aromatic heterocycles. The van der Waals surface area contributed by atoms with Crippen LogP contribution in [0.1, 0.15) is 84.8 Å². The highest BCUT2D eigenvalue weighted by atomic mass is 32.2. The average molecular weight is 658 g/mol. The molecule has 3 aromatic carbocycles. The second kappa shape index (κ2) is 13.7. The van der Waals surface area contributed by atoms with Gasteiger partial charge in [-0.25, -0.2) is 13.1 Å². The first kappa shape index (κ1) is 33.1. The van der Waals surface area contributed by atoms with E-state index in [4.69, 9.17) is 9.47 Å². The zero-order valence-electron chi connectivity index (χ0n) is 28.2. The maximum atomic E-state index is 13.3. The van der Waals surface area contributed by atoms with Crippen molar-refractivity contribution >= 4 is 26.8 Å². The van der Waals surface area contributed by atoms with Gasteiger partial charge in [-0.2, -0.15) is 0 Å². The molecule has 9 heteroatoms. The van der Waals surface area contributed by atoms with Gasteiger partial charge in [0, 0.05) is 41.0 Å². The van der Waals surface area contributed by atoms with Crippen LogP contribution in [0.25, 0.3) is 22.2 Å². The predicted molar refractivity (Wildman–Crippen MR) is 188 cm³/mol. The predicted octanol–water partition coefficient (Wildman–Crippen LogP) is 7.11. The highest BCUT2D eigenvalue weighted by Gasteiger charge is 2.32. The third-order valence-electron chi connectivity index (χ3n) is 9.81. The number of sulfonamides is 1. The molecule has 1 fully saturated rings. The van der Waals surface area contributed by atoms with Gasteiger partial charge >= 0.3 is 0 Å². The lowest BCUT2D eigenvalue weighted by molar-refractivity contribution is 0.0981. The van der Waals surface area contributed by atoms with Gasteiger partial charge < -0.3 is 18.9 Å². The van der Waals surface area contributed by atoms with Gasteiger partial charge in [-0.05, 0) is 112 Å². The van der Waals surface area contributed by atoms with E-state index in [-0.39, 0.29) is 5.92 Å². The Hall–Kier alpha value is -3.82. The highest BCUT2D eigenvalue weighted by molar-refractivity contribution is 7.90. The lowest BCUT2D eigenvalue weighted by atomic mass is 9.81. The first-order valence-corrected chi connectivity index (χ1v) is 18.4. The molecule has 0 bridgehead atoms. The molecule has 1 saturated carbocycles. The van der Waals surface area contributed by atoms with Crippen molar-refractivity contribution in [1.82, 2.24) is 14.2 Å². The summed E-state index contributed by atoms with van der Waals surface area (Å²) >= 11 is 0. The summed E-state index contributed by atoms with van der Waals surface area (Å²) in [6.07, 6.45) is 6.71. The molecule has 1 unspecified atom stereocenters. The SMILES string of the molecule is COc1ccc2c(c1)CC(c1cccc(OCCN(C)C)c1)Cn1c-2c(C2CCCCC2)c2ccc(C(=O)NS(=O)(=O)C(C)C)cc21. The Labute approximate surface area is 279 Å². The van der Waals surface area contributed by atoms with E-state index < -0.39 is 21.2 Å². The molecule has 2 heterocycles. The van der Waals surface area contributed by atoms with Gasteiger partial charge in [0.1, 0.15) is 18.1 Å². The normalized spacial score (nSPS) is 17.0. The molecule has 1 atom stereocenters. The standard InChI is InChI=1S/C38H47N3O5S/c1-25(2)47(43,44)39-38(42)28-14-16-34-35(23-28)41-24-30(27-12-9-13-32(21-27)46-19-18-40(3)4)20-29-22-31(45-5)15-17-33(29)37(41)36(34)26-10-7-6-8-11-26/h9,12-17,21-23,25-26,30H,6-8,10-11,18-20,24H2,1-5H3,(H,39,42). The smallest absolute Gasteiger partial charge is 0.264 e. The van der Waals surface area contributed by atoms with E-state index in [0.29, 0.717) is 24.6 Å². The number of hydrogen-bond donors (Lipinski definition) is 1. The van der Waals surface area contributed by atoms with Crippen LogP contribution in [-0.2, 0) is 23.0 Å². The molecule has 6 rings (SSSR count). The number of nitrogens with zero attached hydrogens (tertiary/aromatic N) is 2.